The van der Waals surface area contributed by atoms with Gasteiger partial charge in [0.25, 0.3) is 0 Å². The minimum Gasteiger partial charge on any atom is -0.374 e. The average molecular weight is 430 g/mol. The van der Waals surface area contributed by atoms with Crippen LogP contribution >= 0.6 is 23.5 Å². The smallest absolute Gasteiger partial charge is 0.245 e. The molecule has 4 nitrogen and oxygen atoms in total. The first-order valence-corrected chi connectivity index (χ1v) is 13.7. The number of amides is 1. The first-order chi connectivity index (χ1) is 13.6. The van der Waals surface area contributed by atoms with Gasteiger partial charge in [0.05, 0.1) is 12.2 Å². The predicted molar refractivity (Wildman–Crippen MR) is 119 cm³/mol. The SMILES string of the molecule is CN(O)C(=O)CCCCSCC[C@@H]1[C@H](CCSC2CCCCC2)[C@@H]2CC[C@H]1O2. The van der Waals surface area contributed by atoms with E-state index >= 15 is 0 Å². The van der Waals surface area contributed by atoms with Crippen molar-refractivity contribution in [3.8, 4) is 0 Å². The van der Waals surface area contributed by atoms with Crippen molar-refractivity contribution in [2.45, 2.75) is 94.5 Å². The third-order valence-corrected chi connectivity index (χ3v) is 9.35. The van der Waals surface area contributed by atoms with Crippen molar-refractivity contribution >= 4 is 29.4 Å². The van der Waals surface area contributed by atoms with E-state index in [1.165, 1.54) is 76.3 Å². The molecule has 2 bridgehead atoms. The minimum absolute atomic E-state index is 0.182. The number of fused-ring (bicyclic) bond motifs is 2. The molecular formula is C22H39NO3S2. The van der Waals surface area contributed by atoms with Crippen LogP contribution in [0.15, 0.2) is 0 Å². The van der Waals surface area contributed by atoms with E-state index in [4.69, 9.17) is 9.94 Å². The highest BCUT2D eigenvalue weighted by molar-refractivity contribution is 7.99. The molecule has 1 amide bonds. The summed E-state index contributed by atoms with van der Waals surface area (Å²) in [7, 11) is 1.40. The third kappa shape index (κ3) is 6.82. The van der Waals surface area contributed by atoms with Crippen LogP contribution in [0.5, 0.6) is 0 Å². The Balaban J connectivity index is 1.28. The monoisotopic (exact) mass is 429 g/mol. The van der Waals surface area contributed by atoms with Crippen molar-refractivity contribution in [3.63, 3.8) is 0 Å². The first kappa shape index (κ1) is 22.8. The van der Waals surface area contributed by atoms with Crippen LogP contribution in [0.2, 0.25) is 0 Å². The Kier molecular flexibility index (Phi) is 9.81. The molecular weight excluding hydrogens is 390 g/mol. The lowest BCUT2D eigenvalue weighted by molar-refractivity contribution is -0.159. The molecule has 1 saturated carbocycles. The Hall–Kier alpha value is 0.0900. The predicted octanol–water partition coefficient (Wildman–Crippen LogP) is 5.38. The van der Waals surface area contributed by atoms with Crippen LogP contribution in [0.3, 0.4) is 0 Å². The molecule has 0 radical (unpaired) electrons. The molecule has 4 atom stereocenters. The number of unbranched alkanes of at least 4 members (excludes halogenated alkanes) is 1. The summed E-state index contributed by atoms with van der Waals surface area (Å²) in [5.41, 5.74) is 0. The first-order valence-electron chi connectivity index (χ1n) is 11.5. The van der Waals surface area contributed by atoms with Crippen LogP contribution in [0, 0.1) is 11.8 Å². The molecule has 3 fully saturated rings. The van der Waals surface area contributed by atoms with E-state index in [0.29, 0.717) is 23.7 Å². The summed E-state index contributed by atoms with van der Waals surface area (Å²) in [5, 5.41) is 10.7. The lowest BCUT2D eigenvalue weighted by Gasteiger charge is -2.29. The fourth-order valence-electron chi connectivity index (χ4n) is 5.24. The van der Waals surface area contributed by atoms with Crippen molar-refractivity contribution in [3.05, 3.63) is 0 Å². The maximum Gasteiger partial charge on any atom is 0.245 e. The highest BCUT2D eigenvalue weighted by Gasteiger charge is 2.47. The van der Waals surface area contributed by atoms with Gasteiger partial charge in [-0.1, -0.05) is 19.3 Å². The Bertz CT molecular complexity index is 471. The number of hydroxylamine groups is 2. The van der Waals surface area contributed by atoms with E-state index in [9.17, 15) is 4.79 Å². The number of hydrogen-bond acceptors (Lipinski definition) is 5. The molecule has 1 N–H and O–H groups in total. The van der Waals surface area contributed by atoms with Crippen LogP contribution in [0.1, 0.15) is 77.0 Å². The Labute approximate surface area is 179 Å². The molecule has 0 spiro atoms. The summed E-state index contributed by atoms with van der Waals surface area (Å²) >= 11 is 4.27. The van der Waals surface area contributed by atoms with E-state index in [1.54, 1.807) is 0 Å². The molecule has 2 aliphatic heterocycles. The summed E-state index contributed by atoms with van der Waals surface area (Å²) in [4.78, 5) is 11.4. The highest BCUT2D eigenvalue weighted by atomic mass is 32.2. The molecule has 28 heavy (non-hydrogen) atoms. The third-order valence-electron chi connectivity index (χ3n) is 6.83. The van der Waals surface area contributed by atoms with E-state index < -0.39 is 0 Å². The van der Waals surface area contributed by atoms with Crippen LogP contribution in [-0.2, 0) is 9.53 Å². The number of hydrogen-bond donors (Lipinski definition) is 1. The van der Waals surface area contributed by atoms with Gasteiger partial charge in [-0.25, -0.2) is 5.06 Å². The van der Waals surface area contributed by atoms with E-state index in [0.717, 1.165) is 35.7 Å². The van der Waals surface area contributed by atoms with Crippen LogP contribution < -0.4 is 0 Å². The van der Waals surface area contributed by atoms with Gasteiger partial charge < -0.3 is 4.74 Å². The lowest BCUT2D eigenvalue weighted by atomic mass is 9.76. The molecule has 0 aromatic heterocycles. The number of rotatable bonds is 12. The van der Waals surface area contributed by atoms with Gasteiger partial charge in [0, 0.05) is 18.7 Å². The van der Waals surface area contributed by atoms with Gasteiger partial charge in [-0.3, -0.25) is 10.0 Å². The van der Waals surface area contributed by atoms with Gasteiger partial charge in [0.1, 0.15) is 0 Å². The molecule has 0 aromatic rings. The summed E-state index contributed by atoms with van der Waals surface area (Å²) in [6.45, 7) is 0. The van der Waals surface area contributed by atoms with E-state index in [-0.39, 0.29) is 5.91 Å². The fraction of sp³-hybridized carbons (Fsp3) is 0.955. The molecule has 2 saturated heterocycles. The maximum absolute atomic E-state index is 11.4. The van der Waals surface area contributed by atoms with Gasteiger partial charge in [0.15, 0.2) is 0 Å². The largest absolute Gasteiger partial charge is 0.374 e. The Morgan fingerprint density at radius 2 is 1.64 bits per heavy atom. The summed E-state index contributed by atoms with van der Waals surface area (Å²) in [6, 6.07) is 0. The van der Waals surface area contributed by atoms with Crippen molar-refractivity contribution in [1.29, 1.82) is 0 Å². The quantitative estimate of drug-likeness (QED) is 0.256. The zero-order valence-corrected chi connectivity index (χ0v) is 19.2. The second kappa shape index (κ2) is 12.1. The topological polar surface area (TPSA) is 49.8 Å². The average Bonchev–Trinajstić information content (AvgIpc) is 3.30. The van der Waals surface area contributed by atoms with E-state index in [2.05, 4.69) is 11.8 Å². The number of nitrogens with zero attached hydrogens (tertiary/aromatic N) is 1. The molecule has 0 unspecified atom stereocenters. The Morgan fingerprint density at radius 3 is 2.32 bits per heavy atom. The number of carbonyl (C=O) groups is 1. The summed E-state index contributed by atoms with van der Waals surface area (Å²) in [5.74, 6) is 5.07. The van der Waals surface area contributed by atoms with Crippen molar-refractivity contribution in [2.24, 2.45) is 11.8 Å². The molecule has 3 aliphatic rings. The van der Waals surface area contributed by atoms with Crippen LogP contribution in [-0.4, -0.2) is 57.9 Å². The van der Waals surface area contributed by atoms with Gasteiger partial charge in [-0.2, -0.15) is 23.5 Å². The number of thioether (sulfide) groups is 2. The second-order valence-corrected chi connectivity index (χ2v) is 11.4. The van der Waals surface area contributed by atoms with Gasteiger partial charge in [-0.15, -0.1) is 0 Å². The summed E-state index contributed by atoms with van der Waals surface area (Å²) < 4.78 is 6.30. The van der Waals surface area contributed by atoms with Gasteiger partial charge >= 0.3 is 0 Å². The fourth-order valence-corrected chi connectivity index (χ4v) is 7.70. The maximum atomic E-state index is 11.4. The highest BCUT2D eigenvalue weighted by Crippen LogP contribution is 2.47. The molecule has 6 heteroatoms. The number of ether oxygens (including phenoxy) is 1. The summed E-state index contributed by atoms with van der Waals surface area (Å²) in [6.07, 6.45) is 15.9. The van der Waals surface area contributed by atoms with Crippen molar-refractivity contribution in [2.75, 3.05) is 24.3 Å². The zero-order valence-electron chi connectivity index (χ0n) is 17.5. The molecule has 0 aromatic carbocycles. The van der Waals surface area contributed by atoms with Crippen molar-refractivity contribution < 1.29 is 14.7 Å². The van der Waals surface area contributed by atoms with Crippen LogP contribution in [0.4, 0.5) is 0 Å². The van der Waals surface area contributed by atoms with E-state index in [1.807, 2.05) is 11.8 Å². The van der Waals surface area contributed by atoms with Gasteiger partial charge in [-0.05, 0) is 80.5 Å². The van der Waals surface area contributed by atoms with Crippen molar-refractivity contribution in [1.82, 2.24) is 5.06 Å². The normalized spacial score (nSPS) is 30.1. The molecule has 3 rings (SSSR count). The second-order valence-electron chi connectivity index (χ2n) is 8.81. The molecule has 162 valence electrons. The minimum atomic E-state index is -0.182. The lowest BCUT2D eigenvalue weighted by Crippen LogP contribution is -2.28. The Morgan fingerprint density at radius 1 is 0.964 bits per heavy atom. The molecule has 1 aliphatic carbocycles. The van der Waals surface area contributed by atoms with Gasteiger partial charge in [0.2, 0.25) is 5.91 Å². The standard InChI is InChI=1S/C22H39NO3S2/c1-23(25)22(24)9-5-6-14-27-15-12-18-19(21-11-10-20(18)26-21)13-16-28-17-7-3-2-4-8-17/h17-21,25H,2-16H2,1H3/t18-,19+,20-,21+/m1/s1. The zero-order chi connectivity index (χ0) is 19.8. The van der Waals surface area contributed by atoms with Crippen LogP contribution in [0.25, 0.3) is 0 Å². The molecule has 2 heterocycles. The number of carbonyl (C=O) groups excluding carboxylic acids is 1.